The van der Waals surface area contributed by atoms with Gasteiger partial charge in [-0.05, 0) is 52.3 Å². The van der Waals surface area contributed by atoms with E-state index in [0.29, 0.717) is 11.4 Å². The Morgan fingerprint density at radius 2 is 1.95 bits per heavy atom. The topological polar surface area (TPSA) is 52.5 Å². The minimum Gasteiger partial charge on any atom is -0.338 e. The fraction of sp³-hybridized carbons (Fsp3) is 0. The second kappa shape index (κ2) is 4.48. The number of rotatable bonds is 1. The van der Waals surface area contributed by atoms with Gasteiger partial charge in [-0.2, -0.15) is 5.26 Å². The van der Waals surface area contributed by atoms with Crippen LogP contribution in [0.25, 0.3) is 22.4 Å². The number of nitrogens with zero attached hydrogens (tertiary/aromatic N) is 2. The van der Waals surface area contributed by atoms with Crippen LogP contribution in [0.3, 0.4) is 0 Å². The molecule has 1 aromatic heterocycles. The van der Waals surface area contributed by atoms with Gasteiger partial charge in [0.2, 0.25) is 0 Å². The summed E-state index contributed by atoms with van der Waals surface area (Å²) in [6.45, 7) is 0. The lowest BCUT2D eigenvalue weighted by molar-refractivity contribution is 0.628. The number of nitriles is 1. The fourth-order valence-corrected chi connectivity index (χ4v) is 2.43. The average Bonchev–Trinajstić information content (AvgIpc) is 2.84. The number of aromatic amines is 1. The molecule has 0 unspecified atom stereocenters. The van der Waals surface area contributed by atoms with E-state index in [0.717, 1.165) is 21.1 Å². The van der Waals surface area contributed by atoms with Gasteiger partial charge in [0.1, 0.15) is 17.2 Å². The molecule has 0 radical (unpaired) electrons. The molecular formula is C14H7BrFN3. The summed E-state index contributed by atoms with van der Waals surface area (Å²) in [5.41, 5.74) is 2.86. The maximum Gasteiger partial charge on any atom is 0.138 e. The van der Waals surface area contributed by atoms with Crippen molar-refractivity contribution in [1.82, 2.24) is 9.97 Å². The molecule has 0 saturated carbocycles. The van der Waals surface area contributed by atoms with E-state index in [2.05, 4.69) is 32.0 Å². The molecule has 1 heterocycles. The second-order valence-corrected chi connectivity index (χ2v) is 4.91. The van der Waals surface area contributed by atoms with Gasteiger partial charge in [-0.25, -0.2) is 9.37 Å². The quantitative estimate of drug-likeness (QED) is 0.737. The number of nitrogens with one attached hydrogen (secondary N) is 1. The van der Waals surface area contributed by atoms with E-state index in [1.165, 1.54) is 12.1 Å². The van der Waals surface area contributed by atoms with Crippen LogP contribution in [0.5, 0.6) is 0 Å². The van der Waals surface area contributed by atoms with Gasteiger partial charge in [-0.15, -0.1) is 0 Å². The largest absolute Gasteiger partial charge is 0.338 e. The molecule has 0 spiro atoms. The maximum atomic E-state index is 12.9. The van der Waals surface area contributed by atoms with Crippen LogP contribution in [-0.4, -0.2) is 9.97 Å². The molecule has 3 nitrogen and oxygen atoms in total. The molecule has 19 heavy (non-hydrogen) atoms. The van der Waals surface area contributed by atoms with Crippen molar-refractivity contribution in [3.8, 4) is 17.5 Å². The van der Waals surface area contributed by atoms with Gasteiger partial charge < -0.3 is 4.98 Å². The van der Waals surface area contributed by atoms with Crippen LogP contribution in [0.4, 0.5) is 4.39 Å². The minimum absolute atomic E-state index is 0.284. The predicted octanol–water partition coefficient (Wildman–Crippen LogP) is 4.00. The number of hydrogen-bond donors (Lipinski definition) is 1. The summed E-state index contributed by atoms with van der Waals surface area (Å²) in [4.78, 5) is 7.59. The van der Waals surface area contributed by atoms with Crippen molar-refractivity contribution in [2.24, 2.45) is 0 Å². The first kappa shape index (κ1) is 11.9. The Morgan fingerprint density at radius 3 is 2.63 bits per heavy atom. The number of fused-ring (bicyclic) bond motifs is 1. The molecule has 0 saturated heterocycles. The molecule has 0 bridgehead atoms. The van der Waals surface area contributed by atoms with Crippen LogP contribution in [0.15, 0.2) is 40.9 Å². The van der Waals surface area contributed by atoms with Gasteiger partial charge in [0.05, 0.1) is 17.1 Å². The molecule has 0 aliphatic heterocycles. The summed E-state index contributed by atoms with van der Waals surface area (Å²) in [7, 11) is 0. The van der Waals surface area contributed by atoms with Crippen molar-refractivity contribution in [2.45, 2.75) is 0 Å². The molecule has 0 fully saturated rings. The van der Waals surface area contributed by atoms with Gasteiger partial charge >= 0.3 is 0 Å². The Bertz CT molecular complexity index is 800. The monoisotopic (exact) mass is 315 g/mol. The summed E-state index contributed by atoms with van der Waals surface area (Å²) < 4.78 is 13.7. The number of H-pyrrole nitrogens is 1. The minimum atomic E-state index is -0.284. The van der Waals surface area contributed by atoms with Crippen LogP contribution in [-0.2, 0) is 0 Å². The van der Waals surface area contributed by atoms with E-state index in [1.807, 2.05) is 0 Å². The zero-order valence-electron chi connectivity index (χ0n) is 9.61. The fourth-order valence-electron chi connectivity index (χ4n) is 1.88. The lowest BCUT2D eigenvalue weighted by Crippen LogP contribution is -1.80. The van der Waals surface area contributed by atoms with Crippen LogP contribution < -0.4 is 0 Å². The van der Waals surface area contributed by atoms with E-state index >= 15 is 0 Å². The first-order chi connectivity index (χ1) is 9.17. The summed E-state index contributed by atoms with van der Waals surface area (Å²) >= 11 is 3.39. The number of benzene rings is 2. The van der Waals surface area contributed by atoms with Crippen molar-refractivity contribution in [2.75, 3.05) is 0 Å². The standard InChI is InChI=1S/C14H7BrFN3/c15-11-5-8(7-17)6-12-13(11)19-14(18-12)9-1-3-10(16)4-2-9/h1-6H,(H,18,19). The molecule has 0 aliphatic carbocycles. The zero-order chi connectivity index (χ0) is 13.4. The molecule has 1 N–H and O–H groups in total. The summed E-state index contributed by atoms with van der Waals surface area (Å²) in [6.07, 6.45) is 0. The van der Waals surface area contributed by atoms with Crippen molar-refractivity contribution in [3.05, 3.63) is 52.3 Å². The normalized spacial score (nSPS) is 10.6. The lowest BCUT2D eigenvalue weighted by atomic mass is 10.2. The number of halogens is 2. The Morgan fingerprint density at radius 1 is 1.21 bits per heavy atom. The molecule has 0 aliphatic rings. The summed E-state index contributed by atoms with van der Waals surface area (Å²) in [5.74, 6) is 0.360. The van der Waals surface area contributed by atoms with E-state index in [-0.39, 0.29) is 5.82 Å². The van der Waals surface area contributed by atoms with E-state index in [9.17, 15) is 4.39 Å². The van der Waals surface area contributed by atoms with Gasteiger partial charge in [0, 0.05) is 10.0 Å². The molecule has 3 rings (SSSR count). The van der Waals surface area contributed by atoms with Crippen molar-refractivity contribution in [1.29, 1.82) is 5.26 Å². The third kappa shape index (κ3) is 2.11. The molecule has 2 aromatic carbocycles. The van der Waals surface area contributed by atoms with Crippen LogP contribution in [0.1, 0.15) is 5.56 Å². The third-order valence-corrected chi connectivity index (χ3v) is 3.39. The first-order valence-electron chi connectivity index (χ1n) is 5.52. The highest BCUT2D eigenvalue weighted by molar-refractivity contribution is 9.10. The Labute approximate surface area is 116 Å². The van der Waals surface area contributed by atoms with Gasteiger partial charge in [-0.1, -0.05) is 0 Å². The summed E-state index contributed by atoms with van der Waals surface area (Å²) in [6, 6.07) is 11.6. The first-order valence-corrected chi connectivity index (χ1v) is 6.32. The molecule has 0 atom stereocenters. The highest BCUT2D eigenvalue weighted by atomic mass is 79.9. The van der Waals surface area contributed by atoms with Crippen molar-refractivity contribution in [3.63, 3.8) is 0 Å². The average molecular weight is 316 g/mol. The van der Waals surface area contributed by atoms with E-state index in [1.54, 1.807) is 24.3 Å². The van der Waals surface area contributed by atoms with Gasteiger partial charge in [-0.3, -0.25) is 0 Å². The van der Waals surface area contributed by atoms with Crippen LogP contribution in [0.2, 0.25) is 0 Å². The lowest BCUT2D eigenvalue weighted by Gasteiger charge is -1.94. The molecule has 92 valence electrons. The smallest absolute Gasteiger partial charge is 0.138 e. The van der Waals surface area contributed by atoms with Crippen LogP contribution in [0, 0.1) is 17.1 Å². The number of imidazole rings is 1. The zero-order valence-corrected chi connectivity index (χ0v) is 11.2. The number of hydrogen-bond acceptors (Lipinski definition) is 2. The highest BCUT2D eigenvalue weighted by Gasteiger charge is 2.09. The Hall–Kier alpha value is -2.19. The van der Waals surface area contributed by atoms with E-state index in [4.69, 9.17) is 5.26 Å². The van der Waals surface area contributed by atoms with Crippen molar-refractivity contribution < 1.29 is 4.39 Å². The molecule has 5 heteroatoms. The maximum absolute atomic E-state index is 12.9. The van der Waals surface area contributed by atoms with Crippen LogP contribution >= 0.6 is 15.9 Å². The Kier molecular flexibility index (Phi) is 2.80. The Balaban J connectivity index is 2.19. The molecule has 3 aromatic rings. The SMILES string of the molecule is N#Cc1cc(Br)c2nc(-c3ccc(F)cc3)[nH]c2c1. The second-order valence-electron chi connectivity index (χ2n) is 4.06. The van der Waals surface area contributed by atoms with Gasteiger partial charge in [0.15, 0.2) is 0 Å². The highest BCUT2D eigenvalue weighted by Crippen LogP contribution is 2.27. The molecular weight excluding hydrogens is 309 g/mol. The predicted molar refractivity (Wildman–Crippen MR) is 73.9 cm³/mol. The summed E-state index contributed by atoms with van der Waals surface area (Å²) in [5, 5.41) is 8.93. The number of aromatic nitrogens is 2. The van der Waals surface area contributed by atoms with Gasteiger partial charge in [0.25, 0.3) is 0 Å². The third-order valence-electron chi connectivity index (χ3n) is 2.79. The molecule has 0 amide bonds. The van der Waals surface area contributed by atoms with E-state index < -0.39 is 0 Å². The van der Waals surface area contributed by atoms with Crippen molar-refractivity contribution >= 4 is 27.0 Å².